The van der Waals surface area contributed by atoms with Gasteiger partial charge in [-0.3, -0.25) is 9.69 Å². The average molecular weight is 582 g/mol. The molecule has 2 aromatic rings. The van der Waals surface area contributed by atoms with Crippen LogP contribution in [0.25, 0.3) is 10.4 Å². The van der Waals surface area contributed by atoms with Gasteiger partial charge < -0.3 is 35.4 Å². The van der Waals surface area contributed by atoms with Crippen LogP contribution >= 0.6 is 11.3 Å². The SMILES string of the molecule is CCOC(=O)c1cc(-c2ccccc2)sc1NC(=O)CN1CCN(CC)CC1.O=C(O)C(=O)O.O=C(O)C(=O)O. The molecule has 1 aliphatic heterocycles. The fraction of sp³-hybridized carbons (Fsp3) is 0.360. The van der Waals surface area contributed by atoms with E-state index in [0.717, 1.165) is 43.2 Å². The molecule has 0 spiro atoms. The van der Waals surface area contributed by atoms with Gasteiger partial charge in [-0.25, -0.2) is 24.0 Å². The van der Waals surface area contributed by atoms with Crippen molar-refractivity contribution in [3.63, 3.8) is 0 Å². The molecule has 1 aliphatic rings. The second-order valence-electron chi connectivity index (χ2n) is 7.92. The molecule has 1 amide bonds. The molecule has 0 radical (unpaired) electrons. The van der Waals surface area contributed by atoms with Crippen LogP contribution in [0.3, 0.4) is 0 Å². The first-order chi connectivity index (χ1) is 18.9. The largest absolute Gasteiger partial charge is 0.473 e. The number of hydrogen-bond acceptors (Lipinski definition) is 10. The zero-order valence-electron chi connectivity index (χ0n) is 21.9. The number of carbonyl (C=O) groups excluding carboxylic acids is 2. The van der Waals surface area contributed by atoms with Crippen molar-refractivity contribution in [3.8, 4) is 10.4 Å². The first kappa shape index (κ1) is 33.7. The van der Waals surface area contributed by atoms with E-state index in [1.807, 2.05) is 30.3 Å². The van der Waals surface area contributed by atoms with Crippen LogP contribution in [0.15, 0.2) is 36.4 Å². The fourth-order valence-electron chi connectivity index (χ4n) is 3.22. The van der Waals surface area contributed by atoms with Gasteiger partial charge >= 0.3 is 29.8 Å². The molecule has 0 aliphatic carbocycles. The summed E-state index contributed by atoms with van der Waals surface area (Å²) in [4.78, 5) is 66.8. The van der Waals surface area contributed by atoms with E-state index < -0.39 is 29.8 Å². The Hall–Kier alpha value is -4.34. The summed E-state index contributed by atoms with van der Waals surface area (Å²) < 4.78 is 5.17. The van der Waals surface area contributed by atoms with Crippen LogP contribution in [0.2, 0.25) is 0 Å². The molecule has 0 bridgehead atoms. The van der Waals surface area contributed by atoms with E-state index in [1.165, 1.54) is 11.3 Å². The van der Waals surface area contributed by atoms with E-state index in [1.54, 1.807) is 13.0 Å². The first-order valence-electron chi connectivity index (χ1n) is 11.9. The van der Waals surface area contributed by atoms with Gasteiger partial charge in [0.2, 0.25) is 5.91 Å². The Labute approximate surface area is 233 Å². The highest BCUT2D eigenvalue weighted by atomic mass is 32.1. The Balaban J connectivity index is 0.000000559. The van der Waals surface area contributed by atoms with Crippen molar-refractivity contribution in [1.82, 2.24) is 9.80 Å². The summed E-state index contributed by atoms with van der Waals surface area (Å²) in [5.74, 6) is -7.81. The number of piperazine rings is 1. The van der Waals surface area contributed by atoms with Crippen molar-refractivity contribution in [2.24, 2.45) is 0 Å². The molecule has 218 valence electrons. The predicted octanol–water partition coefficient (Wildman–Crippen LogP) is 1.48. The maximum atomic E-state index is 12.6. The lowest BCUT2D eigenvalue weighted by Crippen LogP contribution is -2.48. The molecular weight excluding hydrogens is 550 g/mol. The molecule has 1 aromatic heterocycles. The number of amides is 1. The van der Waals surface area contributed by atoms with Crippen molar-refractivity contribution < 1.29 is 53.9 Å². The minimum atomic E-state index is -1.82. The van der Waals surface area contributed by atoms with Gasteiger partial charge in [0.1, 0.15) is 5.00 Å². The third-order valence-electron chi connectivity index (χ3n) is 5.18. The van der Waals surface area contributed by atoms with Crippen LogP contribution < -0.4 is 5.32 Å². The Morgan fingerprint density at radius 1 is 0.825 bits per heavy atom. The average Bonchev–Trinajstić information content (AvgIpc) is 3.34. The second kappa shape index (κ2) is 17.3. The number of carboxylic acid groups (broad SMARTS) is 4. The molecule has 3 rings (SSSR count). The molecule has 2 heterocycles. The lowest BCUT2D eigenvalue weighted by Gasteiger charge is -2.33. The number of aliphatic carboxylic acids is 4. The number of nitrogens with one attached hydrogen (secondary N) is 1. The van der Waals surface area contributed by atoms with Crippen molar-refractivity contribution in [3.05, 3.63) is 42.0 Å². The van der Waals surface area contributed by atoms with Crippen LogP contribution in [-0.2, 0) is 28.7 Å². The van der Waals surface area contributed by atoms with Gasteiger partial charge in [0.25, 0.3) is 0 Å². The Kier molecular flexibility index (Phi) is 14.6. The lowest BCUT2D eigenvalue weighted by atomic mass is 10.1. The zero-order valence-corrected chi connectivity index (χ0v) is 22.7. The normalized spacial score (nSPS) is 12.9. The number of thiophene rings is 1. The second-order valence-corrected chi connectivity index (χ2v) is 8.97. The highest BCUT2D eigenvalue weighted by Gasteiger charge is 2.22. The number of carbonyl (C=O) groups is 6. The molecule has 0 unspecified atom stereocenters. The van der Waals surface area contributed by atoms with Gasteiger partial charge in [-0.15, -0.1) is 11.3 Å². The number of ether oxygens (including phenoxy) is 1. The summed E-state index contributed by atoms with van der Waals surface area (Å²) in [6.45, 7) is 9.32. The van der Waals surface area contributed by atoms with E-state index in [2.05, 4.69) is 22.0 Å². The molecular formula is C25H31N3O11S. The molecule has 1 aromatic carbocycles. The van der Waals surface area contributed by atoms with Gasteiger partial charge in [0.05, 0.1) is 18.7 Å². The Morgan fingerprint density at radius 3 is 1.77 bits per heavy atom. The van der Waals surface area contributed by atoms with Crippen LogP contribution in [0.4, 0.5) is 5.00 Å². The zero-order chi connectivity index (χ0) is 30.2. The smallest absolute Gasteiger partial charge is 0.414 e. The van der Waals surface area contributed by atoms with E-state index in [4.69, 9.17) is 44.3 Å². The Morgan fingerprint density at radius 2 is 1.32 bits per heavy atom. The van der Waals surface area contributed by atoms with Crippen molar-refractivity contribution in [2.75, 3.05) is 51.2 Å². The summed E-state index contributed by atoms with van der Waals surface area (Å²) in [6.07, 6.45) is 0. The van der Waals surface area contributed by atoms with Crippen molar-refractivity contribution in [2.45, 2.75) is 13.8 Å². The van der Waals surface area contributed by atoms with Crippen molar-refractivity contribution in [1.29, 1.82) is 0 Å². The number of rotatable bonds is 7. The van der Waals surface area contributed by atoms with Gasteiger partial charge in [0, 0.05) is 31.1 Å². The van der Waals surface area contributed by atoms with Crippen LogP contribution in [0, 0.1) is 0 Å². The number of anilines is 1. The summed E-state index contributed by atoms with van der Waals surface area (Å²) in [6, 6.07) is 11.6. The fourth-order valence-corrected chi connectivity index (χ4v) is 4.29. The topological polar surface area (TPSA) is 211 Å². The highest BCUT2D eigenvalue weighted by Crippen LogP contribution is 2.36. The third kappa shape index (κ3) is 12.0. The van der Waals surface area contributed by atoms with Gasteiger partial charge in [-0.1, -0.05) is 37.3 Å². The number of likely N-dealkylation sites (N-methyl/N-ethyl adjacent to an activating group) is 1. The lowest BCUT2D eigenvalue weighted by molar-refractivity contribution is -0.159. The van der Waals surface area contributed by atoms with E-state index in [-0.39, 0.29) is 5.91 Å². The molecule has 0 saturated carbocycles. The standard InChI is InChI=1S/C21H27N3O3S.2C2H2O4/c1-3-23-10-12-24(13-11-23)15-19(25)22-20-17(21(26)27-4-2)14-18(28-20)16-8-6-5-7-9-16;2*3-1(4)2(5)6/h5-9,14H,3-4,10-13,15H2,1-2H3,(H,22,25);2*(H,3,4)(H,5,6). The molecule has 14 nitrogen and oxygen atoms in total. The van der Waals surface area contributed by atoms with Crippen LogP contribution in [0.1, 0.15) is 24.2 Å². The number of carboxylic acids is 4. The summed E-state index contributed by atoms with van der Waals surface area (Å²) in [7, 11) is 0. The predicted molar refractivity (Wildman–Crippen MR) is 143 cm³/mol. The summed E-state index contributed by atoms with van der Waals surface area (Å²) >= 11 is 1.40. The Bertz CT molecular complexity index is 1130. The number of esters is 1. The maximum absolute atomic E-state index is 12.6. The molecule has 5 N–H and O–H groups in total. The van der Waals surface area contributed by atoms with Crippen molar-refractivity contribution >= 4 is 52.1 Å². The van der Waals surface area contributed by atoms with E-state index >= 15 is 0 Å². The summed E-state index contributed by atoms with van der Waals surface area (Å²) in [5, 5.41) is 33.1. The molecule has 1 saturated heterocycles. The van der Waals surface area contributed by atoms with Crippen LogP contribution in [0.5, 0.6) is 0 Å². The van der Waals surface area contributed by atoms with Gasteiger partial charge in [0.15, 0.2) is 0 Å². The van der Waals surface area contributed by atoms with Gasteiger partial charge in [-0.2, -0.15) is 0 Å². The molecule has 1 fully saturated rings. The minimum absolute atomic E-state index is 0.100. The van der Waals surface area contributed by atoms with E-state index in [0.29, 0.717) is 23.7 Å². The summed E-state index contributed by atoms with van der Waals surface area (Å²) in [5.41, 5.74) is 1.42. The quantitative estimate of drug-likeness (QED) is 0.232. The van der Waals surface area contributed by atoms with Crippen LogP contribution in [-0.4, -0.2) is 112 Å². The number of benzene rings is 1. The third-order valence-corrected chi connectivity index (χ3v) is 6.28. The van der Waals surface area contributed by atoms with Gasteiger partial charge in [-0.05, 0) is 25.1 Å². The number of hydrogen-bond donors (Lipinski definition) is 5. The molecule has 0 atom stereocenters. The monoisotopic (exact) mass is 581 g/mol. The molecule has 40 heavy (non-hydrogen) atoms. The highest BCUT2D eigenvalue weighted by molar-refractivity contribution is 7.20. The first-order valence-corrected chi connectivity index (χ1v) is 12.7. The van der Waals surface area contributed by atoms with E-state index in [9.17, 15) is 9.59 Å². The minimum Gasteiger partial charge on any atom is -0.473 e. The molecule has 15 heteroatoms. The number of nitrogens with zero attached hydrogens (tertiary/aromatic N) is 2. The maximum Gasteiger partial charge on any atom is 0.414 e.